The zero-order chi connectivity index (χ0) is 24.7. The van der Waals surface area contributed by atoms with E-state index in [0.717, 1.165) is 25.7 Å². The van der Waals surface area contributed by atoms with E-state index in [2.05, 4.69) is 13.6 Å². The van der Waals surface area contributed by atoms with E-state index in [1.807, 2.05) is 13.8 Å². The van der Waals surface area contributed by atoms with Crippen molar-refractivity contribution in [3.63, 3.8) is 0 Å². The Morgan fingerprint density at radius 2 is 1.22 bits per heavy atom. The van der Waals surface area contributed by atoms with Crippen LogP contribution >= 0.6 is 23.5 Å². The minimum absolute atomic E-state index is 0.00182. The van der Waals surface area contributed by atoms with Crippen molar-refractivity contribution < 1.29 is 71.2 Å². The third kappa shape index (κ3) is 11.1. The van der Waals surface area contributed by atoms with Crippen LogP contribution < -0.4 is 0 Å². The summed E-state index contributed by atoms with van der Waals surface area (Å²) in [6.45, 7) is 2.91. The van der Waals surface area contributed by atoms with Crippen LogP contribution in [0.1, 0.15) is 39.5 Å². The molecule has 1 rings (SSSR count). The smallest absolute Gasteiger partial charge is 0.394 e. The number of hydrogen-bond acceptors (Lipinski definition) is 9. The molecule has 32 heavy (non-hydrogen) atoms. The zero-order valence-corrected chi connectivity index (χ0v) is 20.1. The van der Waals surface area contributed by atoms with Gasteiger partial charge in [0, 0.05) is 0 Å². The van der Waals surface area contributed by atoms with Crippen molar-refractivity contribution >= 4 is 23.5 Å². The van der Waals surface area contributed by atoms with Gasteiger partial charge in [-0.05, 0) is 18.8 Å². The minimum atomic E-state index is -5.42. The number of aliphatic hydroxyl groups excluding tert-OH is 1. The van der Waals surface area contributed by atoms with Gasteiger partial charge in [0.2, 0.25) is 0 Å². The number of hydrogen-bond donors (Lipinski definition) is 7. The fourth-order valence-electron chi connectivity index (χ4n) is 3.35. The average molecular weight is 532 g/mol. The van der Waals surface area contributed by atoms with E-state index in [4.69, 9.17) is 19.3 Å². The normalized spacial score (nSPS) is 27.8. The molecule has 192 valence electrons. The summed E-state index contributed by atoms with van der Waals surface area (Å²) in [6.07, 6.45) is -6.69. The van der Waals surface area contributed by atoms with Crippen LogP contribution in [-0.2, 0) is 36.7 Å². The third-order valence-corrected chi connectivity index (χ3v) is 5.99. The quantitative estimate of drug-likeness (QED) is 0.150. The summed E-state index contributed by atoms with van der Waals surface area (Å²) in [7, 11) is -16.1. The lowest BCUT2D eigenvalue weighted by atomic mass is 9.98. The van der Waals surface area contributed by atoms with Gasteiger partial charge in [0.05, 0.1) is 13.2 Å². The second-order valence-electron chi connectivity index (χ2n) is 7.18. The van der Waals surface area contributed by atoms with Crippen molar-refractivity contribution in [2.45, 2.75) is 70.2 Å². The Morgan fingerprint density at radius 1 is 0.781 bits per heavy atom. The molecule has 1 heterocycles. The molecule has 0 unspecified atom stereocenters. The Hall–Kier alpha value is 0.210. The largest absolute Gasteiger partial charge is 0.470 e. The molecule has 0 saturated carbocycles. The molecule has 15 nitrogen and oxygen atoms in total. The van der Waals surface area contributed by atoms with E-state index < -0.39 is 60.8 Å². The van der Waals surface area contributed by atoms with Gasteiger partial charge in [-0.2, -0.15) is 0 Å². The van der Waals surface area contributed by atoms with Crippen LogP contribution in [0.5, 0.6) is 0 Å². The maximum Gasteiger partial charge on any atom is 0.470 e. The van der Waals surface area contributed by atoms with Gasteiger partial charge in [-0.15, -0.1) is 0 Å². The first-order valence-corrected chi connectivity index (χ1v) is 14.3. The molecule has 5 atom stereocenters. The molecule has 1 fully saturated rings. The highest BCUT2D eigenvalue weighted by molar-refractivity contribution is 7.47. The average Bonchev–Trinajstić information content (AvgIpc) is 2.60. The van der Waals surface area contributed by atoms with E-state index in [-0.39, 0.29) is 12.5 Å². The van der Waals surface area contributed by atoms with Crippen LogP contribution in [0.4, 0.5) is 0 Å². The number of rotatable bonds is 14. The molecule has 18 heteroatoms. The predicted octanol–water partition coefficient (Wildman–Crippen LogP) is 0.370. The lowest BCUT2D eigenvalue weighted by Crippen LogP contribution is -2.61. The van der Waals surface area contributed by atoms with Crippen molar-refractivity contribution in [3.8, 4) is 0 Å². The van der Waals surface area contributed by atoms with E-state index in [1.165, 1.54) is 0 Å². The van der Waals surface area contributed by atoms with E-state index in [0.29, 0.717) is 0 Å². The van der Waals surface area contributed by atoms with Gasteiger partial charge < -0.3 is 43.9 Å². The Kier molecular flexibility index (Phi) is 12.1. The van der Waals surface area contributed by atoms with Gasteiger partial charge in [0.25, 0.3) is 0 Å². The topological polar surface area (TPSA) is 239 Å². The molecule has 0 aromatic carbocycles. The standard InChI is InChI=1S/C14H31O15P3/c1-3-5-9(6-4-2)8-25-14-13(29-32(22,23)24)12(28-31(19,20)21)11(10(7-15)26-14)27-30(16,17)18/h9-15H,3-8H2,1-2H3,(H2,16,17,18)(H2,19,20,21)(H2,22,23,24)/t10-,11+,12+,13-,14-/m1/s1. The molecule has 1 saturated heterocycles. The maximum absolute atomic E-state index is 11.5. The van der Waals surface area contributed by atoms with Gasteiger partial charge >= 0.3 is 23.5 Å². The van der Waals surface area contributed by atoms with Gasteiger partial charge in [0.15, 0.2) is 6.29 Å². The monoisotopic (exact) mass is 532 g/mol. The van der Waals surface area contributed by atoms with Gasteiger partial charge in [-0.3, -0.25) is 13.6 Å². The van der Waals surface area contributed by atoms with E-state index in [9.17, 15) is 38.4 Å². The van der Waals surface area contributed by atoms with Crippen LogP contribution in [0.2, 0.25) is 0 Å². The Bertz CT molecular complexity index is 695. The van der Waals surface area contributed by atoms with Crippen LogP contribution in [0.25, 0.3) is 0 Å². The molecule has 0 aliphatic carbocycles. The lowest BCUT2D eigenvalue weighted by molar-refractivity contribution is -0.294. The fourth-order valence-corrected chi connectivity index (χ4v) is 5.02. The predicted molar refractivity (Wildman–Crippen MR) is 106 cm³/mol. The zero-order valence-electron chi connectivity index (χ0n) is 17.4. The SMILES string of the molecule is CCCC(CCC)CO[C@@H]1O[C@H](CO)[C@H](OP(=O)(O)O)[C@H](OP(=O)(O)O)[C@H]1OP(=O)(O)O. The first kappa shape index (κ1) is 30.2. The first-order valence-electron chi connectivity index (χ1n) is 9.70. The molecule has 1 aliphatic heterocycles. The second kappa shape index (κ2) is 12.8. The molecule has 0 bridgehead atoms. The number of aliphatic hydroxyl groups is 1. The maximum atomic E-state index is 11.5. The molecule has 7 N–H and O–H groups in total. The second-order valence-corrected chi connectivity index (χ2v) is 10.8. The summed E-state index contributed by atoms with van der Waals surface area (Å²) in [5.41, 5.74) is 0. The van der Waals surface area contributed by atoms with Gasteiger partial charge in [0.1, 0.15) is 24.4 Å². The molecule has 0 aromatic rings. The number of phosphoric acid groups is 3. The van der Waals surface area contributed by atoms with Crippen LogP contribution in [-0.4, -0.2) is 78.4 Å². The lowest BCUT2D eigenvalue weighted by Gasteiger charge is -2.44. The van der Waals surface area contributed by atoms with Crippen LogP contribution in [0, 0.1) is 5.92 Å². The highest BCUT2D eigenvalue weighted by Gasteiger charge is 2.54. The summed E-state index contributed by atoms with van der Waals surface area (Å²) in [5.74, 6) is 0.00195. The molecule has 0 spiro atoms. The molecule has 0 radical (unpaired) electrons. The first-order chi connectivity index (χ1) is 14.6. The van der Waals surface area contributed by atoms with Crippen molar-refractivity contribution in [1.82, 2.24) is 0 Å². The van der Waals surface area contributed by atoms with Crippen molar-refractivity contribution in [1.29, 1.82) is 0 Å². The summed E-state index contributed by atoms with van der Waals surface area (Å²) >= 11 is 0. The van der Waals surface area contributed by atoms with Crippen molar-refractivity contribution in [2.24, 2.45) is 5.92 Å². The molecular weight excluding hydrogens is 501 g/mol. The van der Waals surface area contributed by atoms with E-state index >= 15 is 0 Å². The van der Waals surface area contributed by atoms with Crippen LogP contribution in [0.3, 0.4) is 0 Å². The molecule has 1 aliphatic rings. The molecule has 0 amide bonds. The van der Waals surface area contributed by atoms with E-state index in [1.54, 1.807) is 0 Å². The third-order valence-electron chi connectivity index (χ3n) is 4.44. The summed E-state index contributed by atoms with van der Waals surface area (Å²) in [4.78, 5) is 55.4. The van der Waals surface area contributed by atoms with Crippen molar-refractivity contribution in [3.05, 3.63) is 0 Å². The minimum Gasteiger partial charge on any atom is -0.394 e. The number of phosphoric ester groups is 3. The summed E-state index contributed by atoms with van der Waals surface area (Å²) in [6, 6.07) is 0. The van der Waals surface area contributed by atoms with Crippen LogP contribution in [0.15, 0.2) is 0 Å². The Morgan fingerprint density at radius 3 is 1.62 bits per heavy atom. The molecular formula is C14H31O15P3. The molecule has 0 aromatic heterocycles. The summed E-state index contributed by atoms with van der Waals surface area (Å²) in [5, 5.41) is 9.60. The Balaban J connectivity index is 3.33. The Labute approximate surface area is 184 Å². The summed E-state index contributed by atoms with van der Waals surface area (Å²) < 4.78 is 58.9. The number of ether oxygens (including phenoxy) is 2. The van der Waals surface area contributed by atoms with Gasteiger partial charge in [-0.25, -0.2) is 13.7 Å². The highest BCUT2D eigenvalue weighted by Crippen LogP contribution is 2.50. The van der Waals surface area contributed by atoms with Crippen molar-refractivity contribution in [2.75, 3.05) is 13.2 Å². The van der Waals surface area contributed by atoms with Gasteiger partial charge in [-0.1, -0.05) is 26.7 Å². The highest BCUT2D eigenvalue weighted by atomic mass is 31.2. The fraction of sp³-hybridized carbons (Fsp3) is 1.00.